The molecule has 9 heteroatoms. The van der Waals surface area contributed by atoms with Crippen LogP contribution in [0.15, 0.2) is 24.3 Å². The van der Waals surface area contributed by atoms with Gasteiger partial charge < -0.3 is 15.0 Å². The zero-order chi connectivity index (χ0) is 22.6. The Hall–Kier alpha value is -2.09. The van der Waals surface area contributed by atoms with E-state index in [4.69, 9.17) is 4.74 Å². The van der Waals surface area contributed by atoms with E-state index < -0.39 is 0 Å². The third-order valence-electron chi connectivity index (χ3n) is 7.24. The number of anilines is 1. The van der Waals surface area contributed by atoms with Crippen LogP contribution >= 0.6 is 24.8 Å². The Morgan fingerprint density at radius 1 is 1.06 bits per heavy atom. The molecule has 1 saturated carbocycles. The molecule has 1 aliphatic carbocycles. The summed E-state index contributed by atoms with van der Waals surface area (Å²) in [6.07, 6.45) is 8.56. The van der Waals surface area contributed by atoms with Crippen LogP contribution in [0.4, 0.5) is 5.82 Å². The Labute approximate surface area is 219 Å². The number of nitrogens with zero attached hydrogens (tertiary/aromatic N) is 3. The van der Waals surface area contributed by atoms with E-state index in [-0.39, 0.29) is 36.6 Å². The van der Waals surface area contributed by atoms with Crippen molar-refractivity contribution in [1.29, 1.82) is 0 Å². The second kappa shape index (κ2) is 12.7. The number of piperazine rings is 1. The number of halogens is 2. The Kier molecular flexibility index (Phi) is 10.0. The van der Waals surface area contributed by atoms with Gasteiger partial charge in [0.15, 0.2) is 0 Å². The number of rotatable bonds is 7. The van der Waals surface area contributed by atoms with Gasteiger partial charge in [0, 0.05) is 50.1 Å². The Morgan fingerprint density at radius 3 is 2.60 bits per heavy atom. The molecule has 2 aliphatic heterocycles. The molecule has 3 aliphatic rings. The van der Waals surface area contributed by atoms with Crippen molar-refractivity contribution in [3.8, 4) is 5.75 Å². The number of ether oxygens (including phenoxy) is 1. The van der Waals surface area contributed by atoms with Crippen LogP contribution in [0.2, 0.25) is 0 Å². The SMILES string of the molecule is Cl.Cl.O=C1Cc2cc3cc(OCCCC(=O)N4CCN(CC5CCCCC5)CC4)ccc3nc2N1. The van der Waals surface area contributed by atoms with E-state index in [1.807, 2.05) is 29.2 Å². The highest BCUT2D eigenvalue weighted by Crippen LogP contribution is 2.28. The number of hydrogen-bond donors (Lipinski definition) is 1. The second-order valence-corrected chi connectivity index (χ2v) is 9.71. The van der Waals surface area contributed by atoms with Gasteiger partial charge in [-0.15, -0.1) is 24.8 Å². The Bertz CT molecular complexity index is 1020. The van der Waals surface area contributed by atoms with Gasteiger partial charge in [-0.05, 0) is 49.4 Å². The van der Waals surface area contributed by atoms with Crippen LogP contribution < -0.4 is 10.1 Å². The molecule has 2 amide bonds. The molecule has 1 aromatic carbocycles. The van der Waals surface area contributed by atoms with Gasteiger partial charge in [0.05, 0.1) is 18.5 Å². The number of pyridine rings is 1. The lowest BCUT2D eigenvalue weighted by molar-refractivity contribution is -0.133. The van der Waals surface area contributed by atoms with Gasteiger partial charge in [-0.1, -0.05) is 19.3 Å². The number of fused-ring (bicyclic) bond motifs is 2. The van der Waals surface area contributed by atoms with Crippen LogP contribution in [0, 0.1) is 5.92 Å². The molecule has 1 N–H and O–H groups in total. The van der Waals surface area contributed by atoms with E-state index in [1.165, 1.54) is 38.6 Å². The van der Waals surface area contributed by atoms with Crippen molar-refractivity contribution in [3.63, 3.8) is 0 Å². The lowest BCUT2D eigenvalue weighted by Crippen LogP contribution is -2.49. The van der Waals surface area contributed by atoms with E-state index in [0.29, 0.717) is 31.7 Å². The minimum absolute atomic E-state index is 0. The molecule has 192 valence electrons. The first kappa shape index (κ1) is 27.5. The van der Waals surface area contributed by atoms with Crippen LogP contribution in [-0.4, -0.2) is 65.9 Å². The summed E-state index contributed by atoms with van der Waals surface area (Å²) in [7, 11) is 0. The van der Waals surface area contributed by atoms with Crippen molar-refractivity contribution in [3.05, 3.63) is 29.8 Å². The smallest absolute Gasteiger partial charge is 0.230 e. The fourth-order valence-electron chi connectivity index (χ4n) is 5.37. The topological polar surface area (TPSA) is 74.8 Å². The maximum Gasteiger partial charge on any atom is 0.230 e. The number of nitrogens with one attached hydrogen (secondary N) is 1. The van der Waals surface area contributed by atoms with Gasteiger partial charge in [-0.2, -0.15) is 0 Å². The highest BCUT2D eigenvalue weighted by molar-refractivity contribution is 6.00. The third kappa shape index (κ3) is 6.99. The van der Waals surface area contributed by atoms with E-state index in [0.717, 1.165) is 54.3 Å². The summed E-state index contributed by atoms with van der Waals surface area (Å²) in [6.45, 7) is 5.45. The van der Waals surface area contributed by atoms with Crippen LogP contribution in [0.5, 0.6) is 5.75 Å². The highest BCUT2D eigenvalue weighted by atomic mass is 35.5. The largest absolute Gasteiger partial charge is 0.494 e. The molecule has 0 bridgehead atoms. The summed E-state index contributed by atoms with van der Waals surface area (Å²) < 4.78 is 5.90. The van der Waals surface area contributed by atoms with Crippen molar-refractivity contribution in [1.82, 2.24) is 14.8 Å². The quantitative estimate of drug-likeness (QED) is 0.543. The van der Waals surface area contributed by atoms with Crippen LogP contribution in [-0.2, 0) is 16.0 Å². The second-order valence-electron chi connectivity index (χ2n) is 9.71. The first-order valence-electron chi connectivity index (χ1n) is 12.5. The number of benzene rings is 1. The summed E-state index contributed by atoms with van der Waals surface area (Å²) in [5, 5.41) is 3.75. The van der Waals surface area contributed by atoms with Crippen molar-refractivity contribution >= 4 is 53.3 Å². The maximum atomic E-state index is 12.6. The molecule has 1 aromatic heterocycles. The molecule has 5 rings (SSSR count). The van der Waals surface area contributed by atoms with Gasteiger partial charge in [0.2, 0.25) is 11.8 Å². The van der Waals surface area contributed by atoms with Gasteiger partial charge in [-0.25, -0.2) is 4.98 Å². The number of carbonyl (C=O) groups is 2. The zero-order valence-corrected chi connectivity index (χ0v) is 21.8. The molecule has 2 aromatic rings. The average molecular weight is 524 g/mol. The van der Waals surface area contributed by atoms with Crippen LogP contribution in [0.25, 0.3) is 10.9 Å². The van der Waals surface area contributed by atoms with E-state index >= 15 is 0 Å². The van der Waals surface area contributed by atoms with E-state index in [9.17, 15) is 9.59 Å². The van der Waals surface area contributed by atoms with Crippen LogP contribution in [0.3, 0.4) is 0 Å². The maximum absolute atomic E-state index is 12.6. The molecule has 35 heavy (non-hydrogen) atoms. The molecule has 1 saturated heterocycles. The fourth-order valence-corrected chi connectivity index (χ4v) is 5.37. The summed E-state index contributed by atoms with van der Waals surface area (Å²) in [6, 6.07) is 7.76. The minimum Gasteiger partial charge on any atom is -0.494 e. The predicted molar refractivity (Wildman–Crippen MR) is 143 cm³/mol. The monoisotopic (exact) mass is 522 g/mol. The number of hydrogen-bond acceptors (Lipinski definition) is 5. The normalized spacial score (nSPS) is 18.4. The highest BCUT2D eigenvalue weighted by Gasteiger charge is 2.24. The van der Waals surface area contributed by atoms with Gasteiger partial charge in [0.1, 0.15) is 11.6 Å². The molecule has 0 spiro atoms. The molecule has 7 nitrogen and oxygen atoms in total. The van der Waals surface area contributed by atoms with Gasteiger partial charge in [0.25, 0.3) is 0 Å². The molecule has 3 heterocycles. The van der Waals surface area contributed by atoms with Crippen molar-refractivity contribution in [2.75, 3.05) is 44.6 Å². The Morgan fingerprint density at radius 2 is 1.83 bits per heavy atom. The summed E-state index contributed by atoms with van der Waals surface area (Å²) in [5.41, 5.74) is 1.76. The standard InChI is InChI=1S/C26H34N4O3.2ClH/c31-24-17-21-15-20-16-22(8-9-23(20)27-26(21)28-24)33-14-4-7-25(32)30-12-10-29(11-13-30)18-19-5-2-1-3-6-19;;/h8-9,15-16,19H,1-7,10-14,17-18H2,(H,27,28,31);2*1H. The third-order valence-corrected chi connectivity index (χ3v) is 7.24. The lowest BCUT2D eigenvalue weighted by atomic mass is 9.89. The molecular formula is C26H36Cl2N4O3. The van der Waals surface area contributed by atoms with Gasteiger partial charge in [-0.3, -0.25) is 14.5 Å². The molecular weight excluding hydrogens is 487 g/mol. The molecule has 0 radical (unpaired) electrons. The first-order valence-corrected chi connectivity index (χ1v) is 12.5. The molecule has 0 unspecified atom stereocenters. The van der Waals surface area contributed by atoms with Crippen LogP contribution in [0.1, 0.15) is 50.5 Å². The van der Waals surface area contributed by atoms with Crippen molar-refractivity contribution < 1.29 is 14.3 Å². The minimum atomic E-state index is -0.0143. The Balaban J connectivity index is 0.00000171. The number of aromatic nitrogens is 1. The summed E-state index contributed by atoms with van der Waals surface area (Å²) >= 11 is 0. The molecule has 2 fully saturated rings. The lowest BCUT2D eigenvalue weighted by Gasteiger charge is -2.37. The van der Waals surface area contributed by atoms with Crippen molar-refractivity contribution in [2.45, 2.75) is 51.4 Å². The van der Waals surface area contributed by atoms with E-state index in [1.54, 1.807) is 0 Å². The van der Waals surface area contributed by atoms with Crippen molar-refractivity contribution in [2.24, 2.45) is 5.92 Å². The zero-order valence-electron chi connectivity index (χ0n) is 20.2. The number of carbonyl (C=O) groups excluding carboxylic acids is 2. The average Bonchev–Trinajstić information content (AvgIpc) is 3.20. The first-order chi connectivity index (χ1) is 16.1. The predicted octanol–water partition coefficient (Wildman–Crippen LogP) is 4.46. The fraction of sp³-hybridized carbons (Fsp3) is 0.577. The number of amides is 2. The molecule has 0 atom stereocenters. The van der Waals surface area contributed by atoms with Gasteiger partial charge >= 0.3 is 0 Å². The van der Waals surface area contributed by atoms with E-state index in [2.05, 4.69) is 15.2 Å². The summed E-state index contributed by atoms with van der Waals surface area (Å²) in [4.78, 5) is 33.3. The summed E-state index contributed by atoms with van der Waals surface area (Å²) in [5.74, 6) is 2.52.